The largest absolute Gasteiger partial charge is 0.389 e. The molecule has 1 aliphatic heterocycles. The van der Waals surface area contributed by atoms with Gasteiger partial charge in [-0.25, -0.2) is 0 Å². The predicted octanol–water partition coefficient (Wildman–Crippen LogP) is 0.634. The lowest BCUT2D eigenvalue weighted by molar-refractivity contribution is -0.0412. The summed E-state index contributed by atoms with van der Waals surface area (Å²) in [4.78, 5) is 2.20. The number of methoxy groups -OCH3 is 1. The topological polar surface area (TPSA) is 65.7 Å². The van der Waals surface area contributed by atoms with Crippen LogP contribution in [0.25, 0.3) is 0 Å². The van der Waals surface area contributed by atoms with Crippen molar-refractivity contribution in [3.63, 3.8) is 0 Å². The second-order valence-corrected chi connectivity index (χ2v) is 4.96. The smallest absolute Gasteiger partial charge is 0.0900 e. The van der Waals surface area contributed by atoms with Gasteiger partial charge in [0.05, 0.1) is 31.5 Å². The van der Waals surface area contributed by atoms with Gasteiger partial charge in [0.1, 0.15) is 0 Å². The van der Waals surface area contributed by atoms with E-state index in [1.807, 2.05) is 6.92 Å². The first kappa shape index (κ1) is 15.4. The third-order valence-corrected chi connectivity index (χ3v) is 3.21. The third kappa shape index (κ3) is 5.78. The van der Waals surface area contributed by atoms with Crippen molar-refractivity contribution < 1.29 is 14.6 Å². The van der Waals surface area contributed by atoms with E-state index < -0.39 is 6.10 Å². The van der Waals surface area contributed by atoms with Crippen LogP contribution < -0.4 is 0 Å². The van der Waals surface area contributed by atoms with Crippen LogP contribution in [0.1, 0.15) is 19.8 Å². The van der Waals surface area contributed by atoms with E-state index in [2.05, 4.69) is 11.0 Å². The molecule has 18 heavy (non-hydrogen) atoms. The van der Waals surface area contributed by atoms with E-state index in [1.165, 1.54) is 0 Å². The molecule has 0 spiro atoms. The van der Waals surface area contributed by atoms with E-state index in [9.17, 15) is 5.11 Å². The van der Waals surface area contributed by atoms with Crippen LogP contribution in [0, 0.1) is 17.2 Å². The Kier molecular flexibility index (Phi) is 7.21. The normalized spacial score (nSPS) is 21.4. The summed E-state index contributed by atoms with van der Waals surface area (Å²) in [5.41, 5.74) is 0. The number of nitrogens with zero attached hydrogens (tertiary/aromatic N) is 2. The molecule has 1 fully saturated rings. The number of piperidine rings is 1. The molecule has 0 aromatic carbocycles. The molecular formula is C13H24N2O3. The number of likely N-dealkylation sites (tertiary alicyclic amines) is 1. The maximum Gasteiger partial charge on any atom is 0.0900 e. The average molecular weight is 256 g/mol. The van der Waals surface area contributed by atoms with E-state index in [0.29, 0.717) is 19.8 Å². The van der Waals surface area contributed by atoms with Gasteiger partial charge in [-0.15, -0.1) is 0 Å². The quantitative estimate of drug-likeness (QED) is 0.724. The fourth-order valence-electron chi connectivity index (χ4n) is 2.15. The second-order valence-electron chi connectivity index (χ2n) is 4.96. The van der Waals surface area contributed by atoms with Crippen molar-refractivity contribution >= 4 is 0 Å². The number of aliphatic hydroxyl groups excluding tert-OH is 1. The lowest BCUT2D eigenvalue weighted by atomic mass is 9.98. The number of β-amino-alcohol motifs (C(OH)–C–C–N with tert-alkyl or cyclic N) is 1. The lowest BCUT2D eigenvalue weighted by Gasteiger charge is -2.30. The molecule has 0 aromatic heterocycles. The molecule has 104 valence electrons. The molecule has 5 nitrogen and oxygen atoms in total. The van der Waals surface area contributed by atoms with Crippen molar-refractivity contribution in [2.24, 2.45) is 5.92 Å². The number of aliphatic hydroxyl groups is 1. The van der Waals surface area contributed by atoms with Crippen LogP contribution in [0.15, 0.2) is 0 Å². The second kappa shape index (κ2) is 8.44. The molecule has 1 aliphatic rings. The summed E-state index contributed by atoms with van der Waals surface area (Å²) < 4.78 is 10.4. The Hall–Kier alpha value is -0.670. The first-order chi connectivity index (χ1) is 8.65. The molecule has 0 aromatic rings. The Morgan fingerprint density at radius 3 is 2.61 bits per heavy atom. The fraction of sp³-hybridized carbons (Fsp3) is 0.923. The zero-order chi connectivity index (χ0) is 13.4. The standard InChI is InChI=1S/C13H24N2O3/c1-11(9-17-2)18-10-13(16)8-15-5-3-12(7-14)4-6-15/h11-13,16H,3-6,8-10H2,1-2H3. The van der Waals surface area contributed by atoms with Gasteiger partial charge in [0.25, 0.3) is 0 Å². The first-order valence-corrected chi connectivity index (χ1v) is 6.56. The van der Waals surface area contributed by atoms with Crippen molar-refractivity contribution in [1.82, 2.24) is 4.90 Å². The molecule has 0 saturated carbocycles. The van der Waals surface area contributed by atoms with Crippen LogP contribution in [-0.4, -0.2) is 62.2 Å². The predicted molar refractivity (Wildman–Crippen MR) is 68.1 cm³/mol. The van der Waals surface area contributed by atoms with Gasteiger partial charge in [0, 0.05) is 19.6 Å². The van der Waals surface area contributed by atoms with Crippen LogP contribution in [0.4, 0.5) is 0 Å². The monoisotopic (exact) mass is 256 g/mol. The van der Waals surface area contributed by atoms with Gasteiger partial charge in [0.15, 0.2) is 0 Å². The van der Waals surface area contributed by atoms with Crippen LogP contribution in [0.3, 0.4) is 0 Å². The Morgan fingerprint density at radius 2 is 2.06 bits per heavy atom. The molecule has 1 heterocycles. The zero-order valence-corrected chi connectivity index (χ0v) is 11.3. The van der Waals surface area contributed by atoms with Crippen molar-refractivity contribution in [2.45, 2.75) is 32.0 Å². The number of hydrogen-bond donors (Lipinski definition) is 1. The van der Waals surface area contributed by atoms with Crippen LogP contribution >= 0.6 is 0 Å². The summed E-state index contributed by atoms with van der Waals surface area (Å²) in [6.45, 7) is 5.21. The minimum absolute atomic E-state index is 0.00831. The van der Waals surface area contributed by atoms with Gasteiger partial charge in [-0.2, -0.15) is 5.26 Å². The van der Waals surface area contributed by atoms with E-state index in [1.54, 1.807) is 7.11 Å². The maximum atomic E-state index is 9.87. The van der Waals surface area contributed by atoms with Gasteiger partial charge < -0.3 is 19.5 Å². The third-order valence-electron chi connectivity index (χ3n) is 3.21. The molecule has 0 aliphatic carbocycles. The van der Waals surface area contributed by atoms with Crippen LogP contribution in [0.2, 0.25) is 0 Å². The molecule has 1 N–H and O–H groups in total. The van der Waals surface area contributed by atoms with E-state index in [0.717, 1.165) is 25.9 Å². The molecule has 2 unspecified atom stereocenters. The average Bonchev–Trinajstić information content (AvgIpc) is 2.38. The minimum atomic E-state index is -0.469. The molecule has 1 saturated heterocycles. The number of rotatable bonds is 7. The number of ether oxygens (including phenoxy) is 2. The molecule has 0 amide bonds. The molecule has 0 radical (unpaired) electrons. The summed E-state index contributed by atoms with van der Waals surface area (Å²) in [5.74, 6) is 0.191. The molecule has 5 heteroatoms. The Labute approximate surface area is 109 Å². The summed E-state index contributed by atoms with van der Waals surface area (Å²) in [5, 5.41) is 18.7. The first-order valence-electron chi connectivity index (χ1n) is 6.56. The molecule has 1 rings (SSSR count). The summed E-state index contributed by atoms with van der Waals surface area (Å²) >= 11 is 0. The number of nitriles is 1. The number of hydrogen-bond acceptors (Lipinski definition) is 5. The molecular weight excluding hydrogens is 232 g/mol. The Morgan fingerprint density at radius 1 is 1.39 bits per heavy atom. The molecule has 2 atom stereocenters. The van der Waals surface area contributed by atoms with E-state index >= 15 is 0 Å². The van der Waals surface area contributed by atoms with Crippen LogP contribution in [-0.2, 0) is 9.47 Å². The Bertz CT molecular complexity index is 259. The fourth-order valence-corrected chi connectivity index (χ4v) is 2.15. The van der Waals surface area contributed by atoms with Gasteiger partial charge in [-0.1, -0.05) is 0 Å². The van der Waals surface area contributed by atoms with Crippen LogP contribution in [0.5, 0.6) is 0 Å². The highest BCUT2D eigenvalue weighted by atomic mass is 16.5. The van der Waals surface area contributed by atoms with Crippen molar-refractivity contribution in [2.75, 3.05) is 40.0 Å². The Balaban J connectivity index is 2.13. The van der Waals surface area contributed by atoms with Gasteiger partial charge in [-0.05, 0) is 32.9 Å². The maximum absolute atomic E-state index is 9.87. The van der Waals surface area contributed by atoms with Gasteiger partial charge in [-0.3, -0.25) is 0 Å². The van der Waals surface area contributed by atoms with Crippen molar-refractivity contribution in [3.05, 3.63) is 0 Å². The van der Waals surface area contributed by atoms with Gasteiger partial charge in [0.2, 0.25) is 0 Å². The SMILES string of the molecule is COCC(C)OCC(O)CN1CCC(C#N)CC1. The summed E-state index contributed by atoms with van der Waals surface area (Å²) in [7, 11) is 1.63. The van der Waals surface area contributed by atoms with E-state index in [-0.39, 0.29) is 12.0 Å². The highest BCUT2D eigenvalue weighted by Crippen LogP contribution is 2.16. The van der Waals surface area contributed by atoms with Gasteiger partial charge >= 0.3 is 0 Å². The van der Waals surface area contributed by atoms with Crippen molar-refractivity contribution in [3.8, 4) is 6.07 Å². The lowest BCUT2D eigenvalue weighted by Crippen LogP contribution is -2.40. The summed E-state index contributed by atoms with van der Waals surface area (Å²) in [6.07, 6.45) is 1.35. The minimum Gasteiger partial charge on any atom is -0.389 e. The zero-order valence-electron chi connectivity index (χ0n) is 11.3. The molecule has 0 bridgehead atoms. The summed E-state index contributed by atoms with van der Waals surface area (Å²) in [6, 6.07) is 2.30. The van der Waals surface area contributed by atoms with Crippen molar-refractivity contribution in [1.29, 1.82) is 5.26 Å². The highest BCUT2D eigenvalue weighted by Gasteiger charge is 2.20. The highest BCUT2D eigenvalue weighted by molar-refractivity contribution is 4.87. The van der Waals surface area contributed by atoms with E-state index in [4.69, 9.17) is 14.7 Å².